The van der Waals surface area contributed by atoms with E-state index in [4.69, 9.17) is 9.47 Å². The van der Waals surface area contributed by atoms with Crippen molar-refractivity contribution in [2.24, 2.45) is 5.92 Å². The van der Waals surface area contributed by atoms with Crippen molar-refractivity contribution in [2.45, 2.75) is 39.7 Å². The molecule has 2 atom stereocenters. The van der Waals surface area contributed by atoms with Gasteiger partial charge in [0.2, 0.25) is 0 Å². The molecule has 1 fully saturated rings. The number of halogens is 1. The first kappa shape index (κ1) is 18.2. The van der Waals surface area contributed by atoms with Crippen molar-refractivity contribution in [3.63, 3.8) is 0 Å². The summed E-state index contributed by atoms with van der Waals surface area (Å²) in [6.07, 6.45) is 2.19. The molecule has 4 rings (SSSR count). The molecule has 0 spiro atoms. The number of aromatic nitrogens is 1. The summed E-state index contributed by atoms with van der Waals surface area (Å²) < 4.78 is 25.8. The predicted molar refractivity (Wildman–Crippen MR) is 103 cm³/mol. The maximum Gasteiger partial charge on any atom is 0.164 e. The van der Waals surface area contributed by atoms with Crippen LogP contribution in [0.2, 0.25) is 0 Å². The summed E-state index contributed by atoms with van der Waals surface area (Å²) in [6, 6.07) is 7.67. The van der Waals surface area contributed by atoms with Crippen molar-refractivity contribution in [2.75, 3.05) is 26.3 Å². The fourth-order valence-corrected chi connectivity index (χ4v) is 4.35. The largest absolute Gasteiger partial charge is 0.486 e. The first-order valence-electron chi connectivity index (χ1n) is 9.77. The minimum atomic E-state index is -0.212. The third-order valence-electron chi connectivity index (χ3n) is 5.64. The third-order valence-corrected chi connectivity index (χ3v) is 5.64. The van der Waals surface area contributed by atoms with E-state index in [-0.39, 0.29) is 11.9 Å². The lowest BCUT2D eigenvalue weighted by atomic mass is 9.98. The second-order valence-electron chi connectivity index (χ2n) is 7.81. The van der Waals surface area contributed by atoms with E-state index in [2.05, 4.69) is 28.9 Å². The molecule has 3 heterocycles. The van der Waals surface area contributed by atoms with Crippen LogP contribution in [-0.2, 0) is 6.42 Å². The third kappa shape index (κ3) is 3.93. The van der Waals surface area contributed by atoms with E-state index in [1.54, 1.807) is 0 Å². The highest BCUT2D eigenvalue weighted by Gasteiger charge is 2.29. The predicted octanol–water partition coefficient (Wildman–Crippen LogP) is 4.23. The molecular formula is C22H27FN2O2. The zero-order valence-corrected chi connectivity index (χ0v) is 16.3. The molecule has 5 heteroatoms. The molecule has 0 bridgehead atoms. The Bertz CT molecular complexity index is 819. The van der Waals surface area contributed by atoms with Gasteiger partial charge < -0.3 is 9.47 Å². The number of rotatable bonds is 4. The molecule has 2 aliphatic rings. The summed E-state index contributed by atoms with van der Waals surface area (Å²) in [5.41, 5.74) is 4.19. The fourth-order valence-electron chi connectivity index (χ4n) is 4.35. The van der Waals surface area contributed by atoms with Gasteiger partial charge in [0.05, 0.1) is 0 Å². The van der Waals surface area contributed by atoms with E-state index in [0.717, 1.165) is 37.3 Å². The Morgan fingerprint density at radius 3 is 2.48 bits per heavy atom. The Hall–Kier alpha value is -2.14. The second kappa shape index (κ2) is 7.47. The van der Waals surface area contributed by atoms with Gasteiger partial charge in [0.15, 0.2) is 11.5 Å². The van der Waals surface area contributed by atoms with Gasteiger partial charge in [0.25, 0.3) is 0 Å². The molecule has 144 valence electrons. The Balaban J connectivity index is 1.45. The topological polar surface area (TPSA) is 34.6 Å². The average molecular weight is 370 g/mol. The number of hydrogen-bond donors (Lipinski definition) is 0. The molecule has 1 aromatic carbocycles. The molecule has 0 amide bonds. The molecule has 0 saturated carbocycles. The van der Waals surface area contributed by atoms with Crippen LogP contribution in [0.25, 0.3) is 0 Å². The summed E-state index contributed by atoms with van der Waals surface area (Å²) in [4.78, 5) is 6.84. The van der Waals surface area contributed by atoms with Crippen molar-refractivity contribution >= 4 is 0 Å². The number of nitrogens with zero attached hydrogens (tertiary/aromatic N) is 2. The zero-order valence-electron chi connectivity index (χ0n) is 16.3. The first-order valence-corrected chi connectivity index (χ1v) is 9.77. The van der Waals surface area contributed by atoms with Crippen LogP contribution in [-0.4, -0.2) is 36.2 Å². The molecule has 0 radical (unpaired) electrons. The Labute approximate surface area is 160 Å². The second-order valence-corrected chi connectivity index (χ2v) is 7.81. The lowest BCUT2D eigenvalue weighted by Crippen LogP contribution is -2.26. The molecule has 0 aliphatic carbocycles. The van der Waals surface area contributed by atoms with Gasteiger partial charge in [-0.25, -0.2) is 4.39 Å². The average Bonchev–Trinajstić information content (AvgIpc) is 3.08. The van der Waals surface area contributed by atoms with Crippen molar-refractivity contribution in [3.05, 3.63) is 52.6 Å². The van der Waals surface area contributed by atoms with E-state index in [9.17, 15) is 4.39 Å². The molecule has 1 aromatic heterocycles. The summed E-state index contributed by atoms with van der Waals surface area (Å²) in [7, 11) is 0. The van der Waals surface area contributed by atoms with Crippen molar-refractivity contribution in [1.82, 2.24) is 9.88 Å². The monoisotopic (exact) mass is 370 g/mol. The van der Waals surface area contributed by atoms with Gasteiger partial charge in [-0.15, -0.1) is 0 Å². The lowest BCUT2D eigenvalue weighted by Gasteiger charge is -2.27. The zero-order chi connectivity index (χ0) is 19.0. The molecule has 27 heavy (non-hydrogen) atoms. The number of likely N-dealkylation sites (tertiary alicyclic amines) is 1. The first-order chi connectivity index (χ1) is 13.0. The van der Waals surface area contributed by atoms with E-state index >= 15 is 0 Å². The minimum absolute atomic E-state index is 0.0201. The Kier molecular flexibility index (Phi) is 5.04. The van der Waals surface area contributed by atoms with Crippen LogP contribution in [0.15, 0.2) is 24.3 Å². The van der Waals surface area contributed by atoms with Gasteiger partial charge in [0.1, 0.15) is 19.0 Å². The molecule has 0 N–H and O–H groups in total. The van der Waals surface area contributed by atoms with Crippen LogP contribution in [0.3, 0.4) is 0 Å². The highest BCUT2D eigenvalue weighted by atomic mass is 19.1. The van der Waals surface area contributed by atoms with Crippen LogP contribution < -0.4 is 9.47 Å². The van der Waals surface area contributed by atoms with Crippen LogP contribution in [0.1, 0.15) is 41.9 Å². The lowest BCUT2D eigenvalue weighted by molar-refractivity contribution is 0.169. The van der Waals surface area contributed by atoms with Gasteiger partial charge in [-0.1, -0.05) is 0 Å². The summed E-state index contributed by atoms with van der Waals surface area (Å²) >= 11 is 0. The molecule has 1 unspecified atom stereocenters. The number of hydrogen-bond acceptors (Lipinski definition) is 4. The van der Waals surface area contributed by atoms with Crippen LogP contribution in [0.4, 0.5) is 4.39 Å². The minimum Gasteiger partial charge on any atom is -0.486 e. The summed E-state index contributed by atoms with van der Waals surface area (Å²) in [5.74, 6) is 1.55. The van der Waals surface area contributed by atoms with Crippen LogP contribution in [0.5, 0.6) is 11.5 Å². The van der Waals surface area contributed by atoms with Crippen LogP contribution in [0, 0.1) is 25.6 Å². The maximum atomic E-state index is 14.6. The van der Waals surface area contributed by atoms with Gasteiger partial charge >= 0.3 is 0 Å². The molecule has 1 saturated heterocycles. The number of ether oxygens (including phenoxy) is 2. The number of aryl methyl sites for hydroxylation is 2. The summed E-state index contributed by atoms with van der Waals surface area (Å²) in [6.45, 7) is 9.14. The number of benzene rings is 1. The summed E-state index contributed by atoms with van der Waals surface area (Å²) in [5, 5.41) is 0. The van der Waals surface area contributed by atoms with E-state index in [0.29, 0.717) is 36.2 Å². The Morgan fingerprint density at radius 2 is 1.78 bits per heavy atom. The standard InChI is InChI=1S/C22H27FN2O2/c1-14-8-18(9-15(2)24-14)10-17-4-5-25(13-17)16(3)19-11-21-22(12-20(19)23)27-7-6-26-21/h8-9,11-12,16-17H,4-7,10,13H2,1-3H3/t16?,17-/m1/s1. The number of pyridine rings is 1. The van der Waals surface area contributed by atoms with Crippen molar-refractivity contribution in [3.8, 4) is 11.5 Å². The normalized spacial score (nSPS) is 20.7. The van der Waals surface area contributed by atoms with Crippen molar-refractivity contribution in [1.29, 1.82) is 0 Å². The SMILES string of the molecule is Cc1cc(C[C@H]2CCN(C(C)c3cc4c(cc3F)OCCO4)C2)cc(C)n1. The van der Waals surface area contributed by atoms with E-state index in [1.165, 1.54) is 11.6 Å². The fraction of sp³-hybridized carbons (Fsp3) is 0.500. The quantitative estimate of drug-likeness (QED) is 0.807. The molecule has 4 nitrogen and oxygen atoms in total. The highest BCUT2D eigenvalue weighted by Crippen LogP contribution is 2.37. The van der Waals surface area contributed by atoms with Crippen molar-refractivity contribution < 1.29 is 13.9 Å². The van der Waals surface area contributed by atoms with Crippen LogP contribution >= 0.6 is 0 Å². The Morgan fingerprint density at radius 1 is 1.11 bits per heavy atom. The molecular weight excluding hydrogens is 343 g/mol. The van der Waals surface area contributed by atoms with E-state index in [1.807, 2.05) is 19.9 Å². The molecule has 2 aromatic rings. The number of fused-ring (bicyclic) bond motifs is 1. The van der Waals surface area contributed by atoms with Gasteiger partial charge in [-0.3, -0.25) is 9.88 Å². The maximum absolute atomic E-state index is 14.6. The van der Waals surface area contributed by atoms with E-state index < -0.39 is 0 Å². The van der Waals surface area contributed by atoms with Gasteiger partial charge in [0, 0.05) is 35.6 Å². The smallest absolute Gasteiger partial charge is 0.164 e. The van der Waals surface area contributed by atoms with Gasteiger partial charge in [-0.2, -0.15) is 0 Å². The highest BCUT2D eigenvalue weighted by molar-refractivity contribution is 5.45. The van der Waals surface area contributed by atoms with Gasteiger partial charge in [-0.05, 0) is 69.8 Å². The molecule has 2 aliphatic heterocycles.